The Hall–Kier alpha value is -2.09. The molecular formula is C22H28N2O4S. The van der Waals surface area contributed by atoms with Gasteiger partial charge in [0.1, 0.15) is 22.0 Å². The summed E-state index contributed by atoms with van der Waals surface area (Å²) in [6.07, 6.45) is 0.788. The number of hydrogen-bond acceptors (Lipinski definition) is 5. The fourth-order valence-electron chi connectivity index (χ4n) is 4.23. The molecule has 2 aromatic carbocycles. The second kappa shape index (κ2) is 7.63. The number of ether oxygens (including phenoxy) is 2. The number of fused-ring (bicyclic) bond motifs is 1. The van der Waals surface area contributed by atoms with Gasteiger partial charge in [0, 0.05) is 32.1 Å². The molecule has 2 aromatic rings. The molecule has 1 fully saturated rings. The number of likely N-dealkylation sites (tertiary alicyclic amines) is 1. The Bertz CT molecular complexity index is 975. The minimum Gasteiger partial charge on any atom is -0.497 e. The first kappa shape index (κ1) is 20.2. The molecule has 0 unspecified atom stereocenters. The molecule has 2 aliphatic rings. The lowest BCUT2D eigenvalue weighted by Gasteiger charge is -2.33. The van der Waals surface area contributed by atoms with Crippen LogP contribution < -0.4 is 9.47 Å². The molecule has 156 valence electrons. The number of hydrogen-bond donors (Lipinski definition) is 0. The van der Waals surface area contributed by atoms with Gasteiger partial charge in [-0.1, -0.05) is 24.3 Å². The maximum Gasteiger partial charge on any atom is 0.247 e. The molecule has 1 atom stereocenters. The SMILES string of the molecule is COc1ccc(CN2CC[C@@]3(C2)CN(C(C)C)S(=O)(=O)c2ccccc2O3)cc1. The molecule has 1 saturated heterocycles. The number of benzene rings is 2. The van der Waals surface area contributed by atoms with Crippen LogP contribution >= 0.6 is 0 Å². The summed E-state index contributed by atoms with van der Waals surface area (Å²) in [6.45, 7) is 6.55. The Morgan fingerprint density at radius 3 is 2.52 bits per heavy atom. The lowest BCUT2D eigenvalue weighted by molar-refractivity contribution is 0.0532. The van der Waals surface area contributed by atoms with Crippen LogP contribution in [0.1, 0.15) is 25.8 Å². The third-order valence-corrected chi connectivity index (χ3v) is 7.80. The zero-order valence-electron chi connectivity index (χ0n) is 17.2. The summed E-state index contributed by atoms with van der Waals surface area (Å²) in [4.78, 5) is 2.60. The Balaban J connectivity index is 1.60. The number of rotatable bonds is 4. The quantitative estimate of drug-likeness (QED) is 0.766. The van der Waals surface area contributed by atoms with Crippen LogP contribution in [0.5, 0.6) is 11.5 Å². The number of nitrogens with zero attached hydrogens (tertiary/aromatic N) is 2. The van der Waals surface area contributed by atoms with Gasteiger partial charge in [-0.25, -0.2) is 8.42 Å². The Morgan fingerprint density at radius 1 is 1.10 bits per heavy atom. The molecule has 2 heterocycles. The van der Waals surface area contributed by atoms with Crippen molar-refractivity contribution in [3.63, 3.8) is 0 Å². The summed E-state index contributed by atoms with van der Waals surface area (Å²) in [5, 5.41) is 0. The molecule has 6 nitrogen and oxygen atoms in total. The van der Waals surface area contributed by atoms with Crippen LogP contribution in [0.25, 0.3) is 0 Å². The summed E-state index contributed by atoms with van der Waals surface area (Å²) in [5.41, 5.74) is 0.654. The van der Waals surface area contributed by atoms with Gasteiger partial charge in [-0.2, -0.15) is 4.31 Å². The van der Waals surface area contributed by atoms with Gasteiger partial charge in [-0.15, -0.1) is 0 Å². The lowest BCUT2D eigenvalue weighted by atomic mass is 10.0. The molecular weight excluding hydrogens is 388 g/mol. The predicted octanol–water partition coefficient (Wildman–Crippen LogP) is 3.13. The minimum atomic E-state index is -3.59. The normalized spacial score (nSPS) is 24.3. The van der Waals surface area contributed by atoms with Crippen LogP contribution in [0.15, 0.2) is 53.4 Å². The van der Waals surface area contributed by atoms with Crippen molar-refractivity contribution in [2.24, 2.45) is 0 Å². The number of para-hydroxylation sites is 1. The first-order valence-corrected chi connectivity index (χ1v) is 11.4. The van der Waals surface area contributed by atoms with E-state index in [2.05, 4.69) is 17.0 Å². The third kappa shape index (κ3) is 3.86. The summed E-state index contributed by atoms with van der Waals surface area (Å²) in [6, 6.07) is 14.9. The second-order valence-corrected chi connectivity index (χ2v) is 10.0. The maximum absolute atomic E-state index is 13.3. The van der Waals surface area contributed by atoms with Crippen LogP contribution in [0.3, 0.4) is 0 Å². The van der Waals surface area contributed by atoms with Crippen molar-refractivity contribution in [3.8, 4) is 11.5 Å². The van der Waals surface area contributed by atoms with Crippen molar-refractivity contribution in [1.29, 1.82) is 0 Å². The van der Waals surface area contributed by atoms with Crippen LogP contribution in [-0.4, -0.2) is 56.0 Å². The van der Waals surface area contributed by atoms with Gasteiger partial charge in [0.15, 0.2) is 0 Å². The molecule has 0 radical (unpaired) electrons. The highest BCUT2D eigenvalue weighted by Crippen LogP contribution is 2.39. The van der Waals surface area contributed by atoms with Crippen LogP contribution in [0.2, 0.25) is 0 Å². The third-order valence-electron chi connectivity index (χ3n) is 5.74. The number of methoxy groups -OCH3 is 1. The van der Waals surface area contributed by atoms with Crippen LogP contribution in [0.4, 0.5) is 0 Å². The molecule has 0 N–H and O–H groups in total. The van der Waals surface area contributed by atoms with Gasteiger partial charge >= 0.3 is 0 Å². The summed E-state index contributed by atoms with van der Waals surface area (Å²) >= 11 is 0. The molecule has 2 aliphatic heterocycles. The van der Waals surface area contributed by atoms with Crippen molar-refractivity contribution in [1.82, 2.24) is 9.21 Å². The van der Waals surface area contributed by atoms with E-state index >= 15 is 0 Å². The average molecular weight is 417 g/mol. The summed E-state index contributed by atoms with van der Waals surface area (Å²) < 4.78 is 39.8. The molecule has 0 bridgehead atoms. The lowest BCUT2D eigenvalue weighted by Crippen LogP contribution is -2.51. The Kier molecular flexibility index (Phi) is 5.31. The van der Waals surface area contributed by atoms with Crippen molar-refractivity contribution < 1.29 is 17.9 Å². The molecule has 0 amide bonds. The van der Waals surface area contributed by atoms with Gasteiger partial charge in [0.2, 0.25) is 10.0 Å². The van der Waals surface area contributed by atoms with Gasteiger partial charge in [-0.05, 0) is 43.7 Å². The van der Waals surface area contributed by atoms with Gasteiger partial charge in [-0.3, -0.25) is 4.90 Å². The van der Waals surface area contributed by atoms with E-state index in [0.717, 1.165) is 25.3 Å². The molecule has 7 heteroatoms. The molecule has 1 spiro atoms. The first-order chi connectivity index (χ1) is 13.8. The highest BCUT2D eigenvalue weighted by atomic mass is 32.2. The average Bonchev–Trinajstić information content (AvgIpc) is 3.04. The van der Waals surface area contributed by atoms with E-state index in [0.29, 0.717) is 18.8 Å². The topological polar surface area (TPSA) is 59.1 Å². The van der Waals surface area contributed by atoms with E-state index in [9.17, 15) is 8.42 Å². The van der Waals surface area contributed by atoms with E-state index in [-0.39, 0.29) is 10.9 Å². The summed E-state index contributed by atoms with van der Waals surface area (Å²) in [5.74, 6) is 1.30. The van der Waals surface area contributed by atoms with E-state index < -0.39 is 15.6 Å². The first-order valence-electron chi connectivity index (χ1n) is 9.98. The zero-order valence-corrected chi connectivity index (χ0v) is 18.0. The second-order valence-electron chi connectivity index (χ2n) is 8.18. The van der Waals surface area contributed by atoms with Gasteiger partial charge in [0.25, 0.3) is 0 Å². The van der Waals surface area contributed by atoms with Gasteiger partial charge < -0.3 is 9.47 Å². The fraction of sp³-hybridized carbons (Fsp3) is 0.455. The number of sulfonamides is 1. The van der Waals surface area contributed by atoms with E-state index in [1.165, 1.54) is 5.56 Å². The Labute approximate surface area is 173 Å². The largest absolute Gasteiger partial charge is 0.497 e. The molecule has 0 aromatic heterocycles. The molecule has 0 aliphatic carbocycles. The van der Waals surface area contributed by atoms with Crippen molar-refractivity contribution in [2.75, 3.05) is 26.7 Å². The van der Waals surface area contributed by atoms with Crippen LogP contribution in [0, 0.1) is 0 Å². The molecule has 0 saturated carbocycles. The standard InChI is InChI=1S/C22H28N2O4S/c1-17(2)24-16-22(28-20-6-4-5-7-21(20)29(24,25)26)12-13-23(15-22)14-18-8-10-19(27-3)11-9-18/h4-11,17H,12-16H2,1-3H3/t22-/m1/s1. The highest BCUT2D eigenvalue weighted by molar-refractivity contribution is 7.89. The predicted molar refractivity (Wildman–Crippen MR) is 112 cm³/mol. The van der Waals surface area contributed by atoms with Crippen molar-refractivity contribution in [2.45, 2.75) is 43.4 Å². The maximum atomic E-state index is 13.3. The van der Waals surface area contributed by atoms with Gasteiger partial charge in [0.05, 0.1) is 13.7 Å². The molecule has 29 heavy (non-hydrogen) atoms. The van der Waals surface area contributed by atoms with E-state index in [1.54, 1.807) is 29.6 Å². The van der Waals surface area contributed by atoms with E-state index in [4.69, 9.17) is 9.47 Å². The monoisotopic (exact) mass is 416 g/mol. The minimum absolute atomic E-state index is 0.137. The summed E-state index contributed by atoms with van der Waals surface area (Å²) in [7, 11) is -1.93. The Morgan fingerprint density at radius 2 is 1.83 bits per heavy atom. The fourth-order valence-corrected chi connectivity index (χ4v) is 6.06. The highest BCUT2D eigenvalue weighted by Gasteiger charge is 2.48. The van der Waals surface area contributed by atoms with Crippen molar-refractivity contribution in [3.05, 3.63) is 54.1 Å². The molecule has 4 rings (SSSR count). The van der Waals surface area contributed by atoms with Crippen LogP contribution in [-0.2, 0) is 16.6 Å². The zero-order chi connectivity index (χ0) is 20.6. The van der Waals surface area contributed by atoms with Crippen molar-refractivity contribution >= 4 is 10.0 Å². The smallest absolute Gasteiger partial charge is 0.247 e. The van der Waals surface area contributed by atoms with E-state index in [1.807, 2.05) is 32.0 Å².